The number of pyridine rings is 1. The number of aromatic nitrogens is 1. The zero-order valence-corrected chi connectivity index (χ0v) is 7.27. The molecule has 0 fully saturated rings. The maximum absolute atomic E-state index is 9.58. The molecule has 0 bridgehead atoms. The molecule has 0 atom stereocenters. The highest BCUT2D eigenvalue weighted by Gasteiger charge is 2.08. The average Bonchev–Trinajstić information content (AvgIpc) is 2.61. The molecule has 1 aromatic carbocycles. The van der Waals surface area contributed by atoms with Crippen LogP contribution in [-0.4, -0.2) is 10.1 Å². The van der Waals surface area contributed by atoms with Crippen LogP contribution in [0.5, 0.6) is 5.75 Å². The van der Waals surface area contributed by atoms with Crippen molar-refractivity contribution in [3.63, 3.8) is 0 Å². The first-order valence-electron chi connectivity index (χ1n) is 4.30. The second kappa shape index (κ2) is 2.48. The Kier molecular flexibility index (Phi) is 1.31. The quantitative estimate of drug-likeness (QED) is 0.585. The first-order chi connectivity index (χ1) is 6.86. The zero-order chi connectivity index (χ0) is 9.54. The maximum atomic E-state index is 9.58. The molecule has 0 aliphatic rings. The van der Waals surface area contributed by atoms with E-state index in [2.05, 4.69) is 4.98 Å². The molecule has 0 saturated heterocycles. The Morgan fingerprint density at radius 3 is 3.07 bits per heavy atom. The highest BCUT2D eigenvalue weighted by Crippen LogP contribution is 2.32. The number of benzene rings is 1. The molecular weight excluding hydrogens is 178 g/mol. The molecule has 3 heteroatoms. The maximum Gasteiger partial charge on any atom is 0.164 e. The van der Waals surface area contributed by atoms with Crippen LogP contribution in [0.15, 0.2) is 41.1 Å². The molecule has 0 amide bonds. The number of nitrogens with zero attached hydrogens (tertiary/aromatic N) is 1. The molecule has 14 heavy (non-hydrogen) atoms. The van der Waals surface area contributed by atoms with Gasteiger partial charge in [0.25, 0.3) is 0 Å². The third kappa shape index (κ3) is 0.836. The van der Waals surface area contributed by atoms with Crippen LogP contribution in [-0.2, 0) is 0 Å². The second-order valence-corrected chi connectivity index (χ2v) is 3.13. The zero-order valence-electron chi connectivity index (χ0n) is 7.27. The second-order valence-electron chi connectivity index (χ2n) is 3.13. The Labute approximate surface area is 79.6 Å². The number of aromatic hydroxyl groups is 1. The first-order valence-corrected chi connectivity index (χ1v) is 4.30. The van der Waals surface area contributed by atoms with Gasteiger partial charge in [0.15, 0.2) is 5.75 Å². The van der Waals surface area contributed by atoms with Gasteiger partial charge in [-0.2, -0.15) is 0 Å². The summed E-state index contributed by atoms with van der Waals surface area (Å²) in [5.41, 5.74) is 1.44. The molecule has 0 aliphatic heterocycles. The lowest BCUT2D eigenvalue weighted by molar-refractivity contribution is 0.464. The third-order valence-electron chi connectivity index (χ3n) is 2.29. The third-order valence-corrected chi connectivity index (χ3v) is 2.29. The van der Waals surface area contributed by atoms with Crippen molar-refractivity contribution in [2.75, 3.05) is 0 Å². The number of fused-ring (bicyclic) bond motifs is 3. The standard InChI is InChI=1S/C11H7NO2/c13-8-6-14-9-4-3-7-2-1-5-12-11(7)10(8)9/h1-6,13H. The molecule has 0 spiro atoms. The molecule has 3 aromatic rings. The lowest BCUT2D eigenvalue weighted by atomic mass is 10.1. The molecule has 0 aliphatic carbocycles. The van der Waals surface area contributed by atoms with Crippen LogP contribution in [0, 0.1) is 0 Å². The molecule has 0 radical (unpaired) electrons. The van der Waals surface area contributed by atoms with Crippen molar-refractivity contribution in [1.82, 2.24) is 4.98 Å². The first kappa shape index (κ1) is 7.38. The summed E-state index contributed by atoms with van der Waals surface area (Å²) in [6.45, 7) is 0. The Morgan fingerprint density at radius 1 is 1.21 bits per heavy atom. The molecule has 2 heterocycles. The minimum atomic E-state index is 0.143. The van der Waals surface area contributed by atoms with Crippen molar-refractivity contribution in [3.05, 3.63) is 36.7 Å². The largest absolute Gasteiger partial charge is 0.504 e. The van der Waals surface area contributed by atoms with E-state index in [1.165, 1.54) is 6.26 Å². The van der Waals surface area contributed by atoms with Gasteiger partial charge in [0.05, 0.1) is 10.9 Å². The smallest absolute Gasteiger partial charge is 0.164 e. The van der Waals surface area contributed by atoms with Gasteiger partial charge in [0.1, 0.15) is 11.8 Å². The van der Waals surface area contributed by atoms with Crippen molar-refractivity contribution in [2.24, 2.45) is 0 Å². The van der Waals surface area contributed by atoms with Crippen LogP contribution in [0.1, 0.15) is 0 Å². The highest BCUT2D eigenvalue weighted by atomic mass is 16.4. The van der Waals surface area contributed by atoms with Crippen LogP contribution in [0.2, 0.25) is 0 Å². The number of furan rings is 1. The minimum Gasteiger partial charge on any atom is -0.504 e. The van der Waals surface area contributed by atoms with Crippen LogP contribution < -0.4 is 0 Å². The normalized spacial score (nSPS) is 11.1. The topological polar surface area (TPSA) is 46.3 Å². The lowest BCUT2D eigenvalue weighted by Gasteiger charge is -1.96. The SMILES string of the molecule is Oc1coc2ccc3cccnc3c12. The molecule has 0 saturated carbocycles. The average molecular weight is 185 g/mol. The minimum absolute atomic E-state index is 0.143. The van der Waals surface area contributed by atoms with Crippen molar-refractivity contribution < 1.29 is 9.52 Å². The summed E-state index contributed by atoms with van der Waals surface area (Å²) in [5, 5.41) is 11.3. The van der Waals surface area contributed by atoms with Gasteiger partial charge in [0, 0.05) is 11.6 Å². The number of hydrogen-bond donors (Lipinski definition) is 1. The fraction of sp³-hybridized carbons (Fsp3) is 0. The van der Waals surface area contributed by atoms with Crippen molar-refractivity contribution in [3.8, 4) is 5.75 Å². The van der Waals surface area contributed by atoms with Crippen LogP contribution in [0.3, 0.4) is 0 Å². The van der Waals surface area contributed by atoms with Gasteiger partial charge in [-0.15, -0.1) is 0 Å². The van der Waals surface area contributed by atoms with Gasteiger partial charge < -0.3 is 9.52 Å². The predicted molar refractivity (Wildman–Crippen MR) is 53.2 cm³/mol. The van der Waals surface area contributed by atoms with E-state index >= 15 is 0 Å². The Morgan fingerprint density at radius 2 is 2.14 bits per heavy atom. The molecule has 68 valence electrons. The van der Waals surface area contributed by atoms with Gasteiger partial charge in [0.2, 0.25) is 0 Å². The van der Waals surface area contributed by atoms with Crippen molar-refractivity contribution in [1.29, 1.82) is 0 Å². The van der Waals surface area contributed by atoms with E-state index in [-0.39, 0.29) is 5.75 Å². The Balaban J connectivity index is 2.65. The summed E-state index contributed by atoms with van der Waals surface area (Å²) < 4.78 is 5.17. The molecule has 0 unspecified atom stereocenters. The summed E-state index contributed by atoms with van der Waals surface area (Å²) in [7, 11) is 0. The number of hydrogen-bond acceptors (Lipinski definition) is 3. The van der Waals surface area contributed by atoms with Crippen LogP contribution >= 0.6 is 0 Å². The Hall–Kier alpha value is -2.03. The molecule has 1 N–H and O–H groups in total. The van der Waals surface area contributed by atoms with Gasteiger partial charge >= 0.3 is 0 Å². The molecular formula is C11H7NO2. The van der Waals surface area contributed by atoms with Crippen LogP contribution in [0.4, 0.5) is 0 Å². The van der Waals surface area contributed by atoms with Crippen molar-refractivity contribution in [2.45, 2.75) is 0 Å². The van der Waals surface area contributed by atoms with E-state index in [0.717, 1.165) is 10.9 Å². The van der Waals surface area contributed by atoms with Gasteiger partial charge in [-0.25, -0.2) is 0 Å². The molecule has 2 aromatic heterocycles. The molecule has 3 nitrogen and oxygen atoms in total. The summed E-state index contributed by atoms with van der Waals surface area (Å²) >= 11 is 0. The van der Waals surface area contributed by atoms with E-state index in [1.807, 2.05) is 24.3 Å². The Bertz CT molecular complexity index is 613. The van der Waals surface area contributed by atoms with E-state index < -0.39 is 0 Å². The summed E-state index contributed by atoms with van der Waals surface area (Å²) in [6, 6.07) is 7.58. The van der Waals surface area contributed by atoms with E-state index in [0.29, 0.717) is 11.0 Å². The summed E-state index contributed by atoms with van der Waals surface area (Å²) in [5.74, 6) is 0.143. The van der Waals surface area contributed by atoms with E-state index in [4.69, 9.17) is 4.42 Å². The molecule has 3 rings (SSSR count). The van der Waals surface area contributed by atoms with Gasteiger partial charge in [-0.05, 0) is 18.2 Å². The monoisotopic (exact) mass is 185 g/mol. The van der Waals surface area contributed by atoms with Gasteiger partial charge in [-0.1, -0.05) is 6.07 Å². The summed E-state index contributed by atoms with van der Waals surface area (Å²) in [6.07, 6.45) is 3.03. The summed E-state index contributed by atoms with van der Waals surface area (Å²) in [4.78, 5) is 4.22. The number of rotatable bonds is 0. The van der Waals surface area contributed by atoms with Crippen molar-refractivity contribution >= 4 is 21.9 Å². The highest BCUT2D eigenvalue weighted by molar-refractivity contribution is 6.06. The van der Waals surface area contributed by atoms with E-state index in [1.54, 1.807) is 6.20 Å². The van der Waals surface area contributed by atoms with Gasteiger partial charge in [-0.3, -0.25) is 4.98 Å². The lowest BCUT2D eigenvalue weighted by Crippen LogP contribution is -1.77. The fourth-order valence-corrected chi connectivity index (χ4v) is 1.65. The van der Waals surface area contributed by atoms with Crippen LogP contribution in [0.25, 0.3) is 21.9 Å². The predicted octanol–water partition coefficient (Wildman–Crippen LogP) is 2.69. The fourth-order valence-electron chi connectivity index (χ4n) is 1.65. The van der Waals surface area contributed by atoms with E-state index in [9.17, 15) is 5.11 Å².